The summed E-state index contributed by atoms with van der Waals surface area (Å²) in [6.45, 7) is 8.55. The van der Waals surface area contributed by atoms with Gasteiger partial charge in [-0.1, -0.05) is 31.5 Å². The first-order valence-corrected chi connectivity index (χ1v) is 5.40. The first kappa shape index (κ1) is 12.0. The predicted molar refractivity (Wildman–Crippen MR) is 64.4 cm³/mol. The third kappa shape index (κ3) is 3.88. The van der Waals surface area contributed by atoms with Gasteiger partial charge in [0.25, 0.3) is 0 Å². The molecule has 0 saturated carbocycles. The van der Waals surface area contributed by atoms with Gasteiger partial charge in [-0.2, -0.15) is 0 Å². The predicted octanol–water partition coefficient (Wildman–Crippen LogP) is 3.24. The van der Waals surface area contributed by atoms with Crippen LogP contribution >= 0.6 is 11.6 Å². The van der Waals surface area contributed by atoms with Gasteiger partial charge in [0.15, 0.2) is 0 Å². The Morgan fingerprint density at radius 2 is 2.27 bits per heavy atom. The Kier molecular flexibility index (Phi) is 4.56. The van der Waals surface area contributed by atoms with Crippen molar-refractivity contribution in [2.75, 3.05) is 11.9 Å². The Bertz CT molecular complexity index is 337. The van der Waals surface area contributed by atoms with Crippen LogP contribution in [0, 0.1) is 0 Å². The molecule has 82 valence electrons. The summed E-state index contributed by atoms with van der Waals surface area (Å²) in [4.78, 5) is 8.52. The third-order valence-corrected chi connectivity index (χ3v) is 2.08. The van der Waals surface area contributed by atoms with E-state index in [1.165, 1.54) is 0 Å². The number of rotatable bonds is 5. The molecule has 0 aliphatic carbocycles. The monoisotopic (exact) mass is 225 g/mol. The quantitative estimate of drug-likeness (QED) is 0.475. The molecule has 4 heteroatoms. The highest BCUT2D eigenvalue weighted by molar-refractivity contribution is 6.29. The van der Waals surface area contributed by atoms with Crippen LogP contribution < -0.4 is 5.32 Å². The first-order valence-electron chi connectivity index (χ1n) is 5.02. The van der Waals surface area contributed by atoms with Crippen molar-refractivity contribution in [1.29, 1.82) is 0 Å². The van der Waals surface area contributed by atoms with Gasteiger partial charge in [0.1, 0.15) is 16.8 Å². The summed E-state index contributed by atoms with van der Waals surface area (Å²) in [6.07, 6.45) is 2.76. The Balaban J connectivity index is 2.74. The van der Waals surface area contributed by atoms with E-state index in [4.69, 9.17) is 11.6 Å². The summed E-state index contributed by atoms with van der Waals surface area (Å²) >= 11 is 5.90. The molecule has 0 aromatic carbocycles. The van der Waals surface area contributed by atoms with E-state index in [2.05, 4.69) is 21.9 Å². The molecule has 0 amide bonds. The Labute approximate surface area is 95.6 Å². The van der Waals surface area contributed by atoms with Crippen molar-refractivity contribution in [3.05, 3.63) is 29.7 Å². The maximum absolute atomic E-state index is 5.90. The number of anilines is 1. The fraction of sp³-hybridized carbons (Fsp3) is 0.455. The lowest BCUT2D eigenvalue weighted by atomic mass is 10.2. The summed E-state index contributed by atoms with van der Waals surface area (Å²) in [7, 11) is 0. The molecule has 0 saturated heterocycles. The van der Waals surface area contributed by atoms with E-state index in [1.807, 2.05) is 19.9 Å². The lowest BCUT2D eigenvalue weighted by molar-refractivity contribution is 0.774. The Morgan fingerprint density at radius 1 is 1.53 bits per heavy atom. The highest BCUT2D eigenvalue weighted by Gasteiger charge is 2.06. The summed E-state index contributed by atoms with van der Waals surface area (Å²) in [5.74, 6) is 1.83. The molecule has 15 heavy (non-hydrogen) atoms. The zero-order valence-corrected chi connectivity index (χ0v) is 9.88. The van der Waals surface area contributed by atoms with Gasteiger partial charge in [-0.3, -0.25) is 0 Å². The van der Waals surface area contributed by atoms with Crippen molar-refractivity contribution in [3.8, 4) is 0 Å². The van der Waals surface area contributed by atoms with Crippen molar-refractivity contribution < 1.29 is 0 Å². The summed E-state index contributed by atoms with van der Waals surface area (Å²) in [6, 6.07) is 1.73. The van der Waals surface area contributed by atoms with Crippen LogP contribution in [-0.2, 0) is 0 Å². The molecule has 1 N–H and O–H groups in total. The molecule has 1 rings (SSSR count). The average molecular weight is 226 g/mol. The molecule has 1 aromatic heterocycles. The zero-order chi connectivity index (χ0) is 11.3. The summed E-state index contributed by atoms with van der Waals surface area (Å²) in [5.41, 5.74) is 0. The van der Waals surface area contributed by atoms with Gasteiger partial charge in [-0.05, 0) is 6.42 Å². The van der Waals surface area contributed by atoms with Crippen LogP contribution in [0.3, 0.4) is 0 Å². The van der Waals surface area contributed by atoms with Gasteiger partial charge >= 0.3 is 0 Å². The van der Waals surface area contributed by atoms with E-state index < -0.39 is 0 Å². The van der Waals surface area contributed by atoms with E-state index in [0.29, 0.717) is 5.15 Å². The highest BCUT2D eigenvalue weighted by atomic mass is 35.5. The molecule has 3 nitrogen and oxygen atoms in total. The molecule has 0 radical (unpaired) electrons. The van der Waals surface area contributed by atoms with Crippen molar-refractivity contribution in [2.24, 2.45) is 0 Å². The smallest absolute Gasteiger partial charge is 0.135 e. The minimum atomic E-state index is 0.281. The second kappa shape index (κ2) is 5.71. The van der Waals surface area contributed by atoms with Crippen molar-refractivity contribution in [3.63, 3.8) is 0 Å². The van der Waals surface area contributed by atoms with Gasteiger partial charge < -0.3 is 5.32 Å². The normalized spacial score (nSPS) is 10.4. The van der Waals surface area contributed by atoms with E-state index >= 15 is 0 Å². The van der Waals surface area contributed by atoms with Crippen LogP contribution in [0.5, 0.6) is 0 Å². The van der Waals surface area contributed by atoms with Gasteiger partial charge in [-0.25, -0.2) is 9.97 Å². The molecule has 0 atom stereocenters. The van der Waals surface area contributed by atoms with Gasteiger partial charge in [0.2, 0.25) is 0 Å². The standard InChI is InChI=1S/C11H16ClN3/c1-4-5-6-13-10-7-9(12)14-11(15-10)8(2)3/h4,7-8H,1,5-6H2,2-3H3,(H,13,14,15). The minimum Gasteiger partial charge on any atom is -0.370 e. The number of hydrogen-bond acceptors (Lipinski definition) is 3. The Morgan fingerprint density at radius 3 is 2.87 bits per heavy atom. The molecular formula is C11H16ClN3. The van der Waals surface area contributed by atoms with Crippen molar-refractivity contribution in [1.82, 2.24) is 9.97 Å². The summed E-state index contributed by atoms with van der Waals surface area (Å²) in [5, 5.41) is 3.66. The van der Waals surface area contributed by atoms with Crippen LogP contribution in [0.1, 0.15) is 32.0 Å². The maximum atomic E-state index is 5.90. The average Bonchev–Trinajstić information content (AvgIpc) is 2.17. The van der Waals surface area contributed by atoms with Crippen LogP contribution in [0.25, 0.3) is 0 Å². The molecule has 0 aliphatic rings. The molecule has 0 unspecified atom stereocenters. The fourth-order valence-corrected chi connectivity index (χ4v) is 1.28. The summed E-state index contributed by atoms with van der Waals surface area (Å²) < 4.78 is 0. The zero-order valence-electron chi connectivity index (χ0n) is 9.13. The second-order valence-electron chi connectivity index (χ2n) is 3.59. The lowest BCUT2D eigenvalue weighted by Gasteiger charge is -2.08. The Hall–Kier alpha value is -1.09. The van der Waals surface area contributed by atoms with Gasteiger partial charge in [0.05, 0.1) is 0 Å². The third-order valence-electron chi connectivity index (χ3n) is 1.88. The second-order valence-corrected chi connectivity index (χ2v) is 3.98. The number of aromatic nitrogens is 2. The number of nitrogens with one attached hydrogen (secondary N) is 1. The molecule has 0 aliphatic heterocycles. The van der Waals surface area contributed by atoms with Gasteiger partial charge in [-0.15, -0.1) is 6.58 Å². The van der Waals surface area contributed by atoms with Crippen LogP contribution in [0.15, 0.2) is 18.7 Å². The van der Waals surface area contributed by atoms with Crippen LogP contribution in [0.2, 0.25) is 5.15 Å². The lowest BCUT2D eigenvalue weighted by Crippen LogP contribution is -2.06. The number of halogens is 1. The molecule has 1 aromatic rings. The first-order chi connectivity index (χ1) is 7.13. The molecule has 0 fully saturated rings. The van der Waals surface area contributed by atoms with E-state index in [0.717, 1.165) is 24.6 Å². The fourth-order valence-electron chi connectivity index (χ4n) is 1.09. The number of nitrogens with zero attached hydrogens (tertiary/aromatic N) is 2. The van der Waals surface area contributed by atoms with Crippen molar-refractivity contribution >= 4 is 17.4 Å². The molecular weight excluding hydrogens is 210 g/mol. The van der Waals surface area contributed by atoms with Crippen molar-refractivity contribution in [2.45, 2.75) is 26.2 Å². The largest absolute Gasteiger partial charge is 0.370 e. The minimum absolute atomic E-state index is 0.281. The highest BCUT2D eigenvalue weighted by Crippen LogP contribution is 2.16. The molecule has 0 bridgehead atoms. The topological polar surface area (TPSA) is 37.8 Å². The van der Waals surface area contributed by atoms with Crippen LogP contribution in [0.4, 0.5) is 5.82 Å². The molecule has 0 spiro atoms. The van der Waals surface area contributed by atoms with Crippen LogP contribution in [-0.4, -0.2) is 16.5 Å². The van der Waals surface area contributed by atoms with Gasteiger partial charge in [0, 0.05) is 18.5 Å². The molecule has 1 heterocycles. The number of hydrogen-bond donors (Lipinski definition) is 1. The maximum Gasteiger partial charge on any atom is 0.135 e. The van der Waals surface area contributed by atoms with E-state index in [1.54, 1.807) is 6.07 Å². The van der Waals surface area contributed by atoms with E-state index in [-0.39, 0.29) is 5.92 Å². The van der Waals surface area contributed by atoms with E-state index in [9.17, 15) is 0 Å². The SMILES string of the molecule is C=CCCNc1cc(Cl)nc(C(C)C)n1.